The first kappa shape index (κ1) is 14.6. The van der Waals surface area contributed by atoms with Crippen molar-refractivity contribution in [2.45, 2.75) is 33.1 Å². The Balaban J connectivity index is 2.42. The Morgan fingerprint density at radius 1 is 1.20 bits per heavy atom. The lowest BCUT2D eigenvalue weighted by atomic mass is 9.96. The van der Waals surface area contributed by atoms with Crippen LogP contribution in [0.3, 0.4) is 0 Å². The largest absolute Gasteiger partial charge is 0.384 e. The fraction of sp³-hybridized carbons (Fsp3) is 0.333. The van der Waals surface area contributed by atoms with Crippen LogP contribution in [0, 0.1) is 6.92 Å². The number of aromatic nitrogens is 2. The van der Waals surface area contributed by atoms with Crippen LogP contribution in [0.1, 0.15) is 32.2 Å². The average Bonchev–Trinajstić information content (AvgIpc) is 2.32. The van der Waals surface area contributed by atoms with Crippen molar-refractivity contribution in [1.29, 1.82) is 0 Å². The Labute approximate surface area is 124 Å². The van der Waals surface area contributed by atoms with Gasteiger partial charge in [0.25, 0.3) is 0 Å². The second-order valence-electron chi connectivity index (χ2n) is 5.81. The summed E-state index contributed by atoms with van der Waals surface area (Å²) in [7, 11) is 0. The molecule has 1 aromatic carbocycles. The van der Waals surface area contributed by atoms with Crippen LogP contribution in [-0.2, 0) is 5.41 Å². The van der Waals surface area contributed by atoms with Gasteiger partial charge in [0.2, 0.25) is 0 Å². The number of nitrogen functional groups attached to an aromatic ring is 1. The van der Waals surface area contributed by atoms with Crippen LogP contribution >= 0.6 is 11.6 Å². The van der Waals surface area contributed by atoms with E-state index in [0.717, 1.165) is 11.3 Å². The first-order valence-electron chi connectivity index (χ1n) is 6.44. The molecule has 1 heterocycles. The molecule has 0 bridgehead atoms. The predicted molar refractivity (Wildman–Crippen MR) is 84.6 cm³/mol. The zero-order valence-corrected chi connectivity index (χ0v) is 12.9. The first-order valence-corrected chi connectivity index (χ1v) is 6.82. The second-order valence-corrected chi connectivity index (χ2v) is 6.22. The lowest BCUT2D eigenvalue weighted by Gasteiger charge is -2.18. The summed E-state index contributed by atoms with van der Waals surface area (Å²) in [5.74, 6) is 1.79. The van der Waals surface area contributed by atoms with E-state index < -0.39 is 0 Å². The summed E-state index contributed by atoms with van der Waals surface area (Å²) in [6.45, 7) is 8.13. The standard InChI is InChI=1S/C15H19ClN4/c1-9-6-5-7-10(16)13(9)19-12-8-11(17)18-14(20-12)15(2,3)4/h5-8H,1-4H3,(H3,17,18,19,20). The van der Waals surface area contributed by atoms with Crippen molar-refractivity contribution in [1.82, 2.24) is 9.97 Å². The quantitative estimate of drug-likeness (QED) is 0.875. The van der Waals surface area contributed by atoms with E-state index in [1.165, 1.54) is 0 Å². The van der Waals surface area contributed by atoms with Gasteiger partial charge < -0.3 is 11.1 Å². The third-order valence-electron chi connectivity index (χ3n) is 2.89. The van der Waals surface area contributed by atoms with E-state index in [2.05, 4.69) is 15.3 Å². The lowest BCUT2D eigenvalue weighted by Crippen LogP contribution is -2.17. The van der Waals surface area contributed by atoms with Crippen molar-refractivity contribution in [2.24, 2.45) is 0 Å². The minimum Gasteiger partial charge on any atom is -0.384 e. The first-order chi connectivity index (χ1) is 9.27. The van der Waals surface area contributed by atoms with Gasteiger partial charge in [0, 0.05) is 11.5 Å². The molecular weight excluding hydrogens is 272 g/mol. The minimum atomic E-state index is -0.165. The molecule has 0 unspecified atom stereocenters. The second kappa shape index (κ2) is 5.29. The van der Waals surface area contributed by atoms with Gasteiger partial charge in [-0.1, -0.05) is 44.5 Å². The van der Waals surface area contributed by atoms with Crippen molar-refractivity contribution in [2.75, 3.05) is 11.1 Å². The summed E-state index contributed by atoms with van der Waals surface area (Å²) in [5, 5.41) is 3.88. The van der Waals surface area contributed by atoms with Crippen molar-refractivity contribution in [3.8, 4) is 0 Å². The molecule has 0 saturated carbocycles. The summed E-state index contributed by atoms with van der Waals surface area (Å²) in [4.78, 5) is 8.81. The molecule has 2 rings (SSSR count). The number of hydrogen-bond acceptors (Lipinski definition) is 4. The molecule has 0 aliphatic rings. The monoisotopic (exact) mass is 290 g/mol. The number of halogens is 1. The number of nitrogens with two attached hydrogens (primary N) is 1. The number of benzene rings is 1. The number of hydrogen-bond donors (Lipinski definition) is 2. The molecule has 0 aliphatic heterocycles. The van der Waals surface area contributed by atoms with Crippen LogP contribution in [0.4, 0.5) is 17.3 Å². The van der Waals surface area contributed by atoms with Crippen molar-refractivity contribution in [3.63, 3.8) is 0 Å². The molecule has 0 saturated heterocycles. The van der Waals surface area contributed by atoms with Gasteiger partial charge in [-0.15, -0.1) is 0 Å². The average molecular weight is 291 g/mol. The maximum Gasteiger partial charge on any atom is 0.138 e. The van der Waals surface area contributed by atoms with E-state index in [-0.39, 0.29) is 5.41 Å². The fourth-order valence-electron chi connectivity index (χ4n) is 1.78. The Morgan fingerprint density at radius 3 is 2.50 bits per heavy atom. The van der Waals surface area contributed by atoms with Gasteiger partial charge in [0.1, 0.15) is 17.5 Å². The van der Waals surface area contributed by atoms with Crippen LogP contribution in [0.25, 0.3) is 0 Å². The van der Waals surface area contributed by atoms with Gasteiger partial charge in [0.15, 0.2) is 0 Å². The molecule has 0 atom stereocenters. The highest BCUT2D eigenvalue weighted by Crippen LogP contribution is 2.29. The summed E-state index contributed by atoms with van der Waals surface area (Å²) in [6, 6.07) is 7.45. The molecule has 0 aliphatic carbocycles. The number of para-hydroxylation sites is 1. The highest BCUT2D eigenvalue weighted by atomic mass is 35.5. The van der Waals surface area contributed by atoms with Gasteiger partial charge in [0.05, 0.1) is 10.7 Å². The predicted octanol–water partition coefficient (Wildman–Crippen LogP) is 4.06. The van der Waals surface area contributed by atoms with Gasteiger partial charge in [-0.2, -0.15) is 0 Å². The molecule has 0 radical (unpaired) electrons. The van der Waals surface area contributed by atoms with Gasteiger partial charge in [-0.05, 0) is 18.6 Å². The Hall–Kier alpha value is -1.81. The topological polar surface area (TPSA) is 63.8 Å². The number of aryl methyl sites for hydroxylation is 1. The molecule has 0 amide bonds. The third kappa shape index (κ3) is 3.20. The Bertz CT molecular complexity index is 612. The number of nitrogens with zero attached hydrogens (tertiary/aromatic N) is 2. The van der Waals surface area contributed by atoms with Gasteiger partial charge in [-0.25, -0.2) is 9.97 Å². The Morgan fingerprint density at radius 2 is 1.90 bits per heavy atom. The normalized spacial score (nSPS) is 11.4. The molecule has 0 spiro atoms. The van der Waals surface area contributed by atoms with Gasteiger partial charge >= 0.3 is 0 Å². The van der Waals surface area contributed by atoms with Crippen LogP contribution in [0.15, 0.2) is 24.3 Å². The fourth-order valence-corrected chi connectivity index (χ4v) is 2.05. The molecule has 2 aromatic rings. The molecule has 1 aromatic heterocycles. The molecule has 4 nitrogen and oxygen atoms in total. The molecule has 3 N–H and O–H groups in total. The maximum atomic E-state index is 6.21. The van der Waals surface area contributed by atoms with Crippen molar-refractivity contribution >= 4 is 28.9 Å². The molecule has 0 fully saturated rings. The lowest BCUT2D eigenvalue weighted by molar-refractivity contribution is 0.547. The minimum absolute atomic E-state index is 0.165. The van der Waals surface area contributed by atoms with Gasteiger partial charge in [-0.3, -0.25) is 0 Å². The zero-order valence-electron chi connectivity index (χ0n) is 12.2. The van der Waals surface area contributed by atoms with E-state index in [0.29, 0.717) is 22.5 Å². The summed E-state index contributed by atoms with van der Waals surface area (Å²) < 4.78 is 0. The van der Waals surface area contributed by atoms with E-state index >= 15 is 0 Å². The molecule has 106 valence electrons. The summed E-state index contributed by atoms with van der Waals surface area (Å²) in [5.41, 5.74) is 7.58. The molecular formula is C15H19ClN4. The van der Waals surface area contributed by atoms with Crippen LogP contribution in [0.2, 0.25) is 5.02 Å². The summed E-state index contributed by atoms with van der Waals surface area (Å²) in [6.07, 6.45) is 0. The van der Waals surface area contributed by atoms with Crippen molar-refractivity contribution < 1.29 is 0 Å². The number of anilines is 3. The molecule has 5 heteroatoms. The third-order valence-corrected chi connectivity index (χ3v) is 3.21. The van der Waals surface area contributed by atoms with E-state index in [9.17, 15) is 0 Å². The van der Waals surface area contributed by atoms with E-state index in [1.807, 2.05) is 45.9 Å². The summed E-state index contributed by atoms with van der Waals surface area (Å²) >= 11 is 6.21. The zero-order chi connectivity index (χ0) is 14.9. The highest BCUT2D eigenvalue weighted by Gasteiger charge is 2.19. The SMILES string of the molecule is Cc1cccc(Cl)c1Nc1cc(N)nc(C(C)(C)C)n1. The van der Waals surface area contributed by atoms with Crippen LogP contribution in [-0.4, -0.2) is 9.97 Å². The van der Waals surface area contributed by atoms with Crippen molar-refractivity contribution in [3.05, 3.63) is 40.7 Å². The van der Waals surface area contributed by atoms with Crippen LogP contribution < -0.4 is 11.1 Å². The number of nitrogens with one attached hydrogen (secondary N) is 1. The molecule has 20 heavy (non-hydrogen) atoms. The van der Waals surface area contributed by atoms with Crippen LogP contribution in [0.5, 0.6) is 0 Å². The maximum absolute atomic E-state index is 6.21. The van der Waals surface area contributed by atoms with E-state index in [4.69, 9.17) is 17.3 Å². The smallest absolute Gasteiger partial charge is 0.138 e. The highest BCUT2D eigenvalue weighted by molar-refractivity contribution is 6.33. The Kier molecular flexibility index (Phi) is 3.86. The number of rotatable bonds is 2. The van der Waals surface area contributed by atoms with E-state index in [1.54, 1.807) is 6.07 Å².